The minimum Gasteiger partial charge on any atom is -0.338 e. The van der Waals surface area contributed by atoms with Gasteiger partial charge in [0.25, 0.3) is 0 Å². The number of rotatable bonds is 3. The van der Waals surface area contributed by atoms with Crippen LogP contribution in [0.15, 0.2) is 29.0 Å². The minimum atomic E-state index is 0.497. The molecule has 0 bridgehead atoms. The van der Waals surface area contributed by atoms with E-state index in [0.29, 0.717) is 21.1 Å². The van der Waals surface area contributed by atoms with Crippen LogP contribution >= 0.6 is 27.5 Å². The Hall–Kier alpha value is -1.37. The Labute approximate surface area is 118 Å². The summed E-state index contributed by atoms with van der Waals surface area (Å²) in [6, 6.07) is 5.71. The Balaban J connectivity index is 2.37. The molecule has 7 heteroatoms. The molecule has 94 valence electrons. The maximum absolute atomic E-state index is 6.11. The molecule has 0 spiro atoms. The van der Waals surface area contributed by atoms with E-state index in [9.17, 15) is 0 Å². The standard InChI is InChI=1S/C11H11BrClN5/c1-6-2-3-7(13)8(4-6)17-10-9(12)11(18-14)16-5-15-10/h2-5H,14H2,1H3,(H2,15,16,17,18). The van der Waals surface area contributed by atoms with Crippen LogP contribution in [0.1, 0.15) is 5.56 Å². The molecule has 0 unspecified atom stereocenters. The largest absolute Gasteiger partial charge is 0.338 e. The van der Waals surface area contributed by atoms with Gasteiger partial charge in [0, 0.05) is 0 Å². The molecule has 2 rings (SSSR count). The Morgan fingerprint density at radius 2 is 2.00 bits per heavy atom. The third kappa shape index (κ3) is 2.72. The lowest BCUT2D eigenvalue weighted by Gasteiger charge is -2.11. The van der Waals surface area contributed by atoms with Crippen molar-refractivity contribution in [3.8, 4) is 0 Å². The lowest BCUT2D eigenvalue weighted by atomic mass is 10.2. The molecular formula is C11H11BrClN5. The molecule has 0 amide bonds. The number of hydrogen-bond acceptors (Lipinski definition) is 5. The summed E-state index contributed by atoms with van der Waals surface area (Å²) in [6.07, 6.45) is 1.41. The maximum Gasteiger partial charge on any atom is 0.159 e. The topological polar surface area (TPSA) is 75.9 Å². The number of hydrogen-bond donors (Lipinski definition) is 3. The number of halogens is 2. The van der Waals surface area contributed by atoms with E-state index in [-0.39, 0.29) is 0 Å². The maximum atomic E-state index is 6.11. The lowest BCUT2D eigenvalue weighted by Crippen LogP contribution is -2.10. The third-order valence-corrected chi connectivity index (χ3v) is 3.38. The molecule has 0 atom stereocenters. The molecule has 4 N–H and O–H groups in total. The Bertz CT molecular complexity index is 575. The van der Waals surface area contributed by atoms with E-state index in [4.69, 9.17) is 17.4 Å². The van der Waals surface area contributed by atoms with Gasteiger partial charge in [0.15, 0.2) is 5.82 Å². The van der Waals surface area contributed by atoms with Crippen LogP contribution in [0.4, 0.5) is 17.3 Å². The summed E-state index contributed by atoms with van der Waals surface area (Å²) in [6.45, 7) is 1.99. The van der Waals surface area contributed by atoms with Gasteiger partial charge in [-0.1, -0.05) is 17.7 Å². The van der Waals surface area contributed by atoms with E-state index in [1.807, 2.05) is 25.1 Å². The van der Waals surface area contributed by atoms with Gasteiger partial charge in [0.1, 0.15) is 16.6 Å². The van der Waals surface area contributed by atoms with E-state index in [2.05, 4.69) is 36.6 Å². The fraction of sp³-hybridized carbons (Fsp3) is 0.0909. The molecule has 1 aromatic heterocycles. The van der Waals surface area contributed by atoms with Crippen molar-refractivity contribution in [2.75, 3.05) is 10.7 Å². The van der Waals surface area contributed by atoms with Crippen LogP contribution in [-0.4, -0.2) is 9.97 Å². The first kappa shape index (κ1) is 13.1. The van der Waals surface area contributed by atoms with Gasteiger partial charge in [-0.2, -0.15) is 0 Å². The molecule has 0 aliphatic heterocycles. The van der Waals surface area contributed by atoms with Crippen molar-refractivity contribution in [1.29, 1.82) is 0 Å². The van der Waals surface area contributed by atoms with E-state index >= 15 is 0 Å². The van der Waals surface area contributed by atoms with Gasteiger partial charge in [0.05, 0.1) is 10.7 Å². The molecule has 1 aromatic carbocycles. The van der Waals surface area contributed by atoms with E-state index < -0.39 is 0 Å². The zero-order valence-electron chi connectivity index (χ0n) is 9.54. The summed E-state index contributed by atoms with van der Waals surface area (Å²) in [4.78, 5) is 8.10. The van der Waals surface area contributed by atoms with E-state index in [1.54, 1.807) is 0 Å². The number of hydrazine groups is 1. The summed E-state index contributed by atoms with van der Waals surface area (Å²) < 4.78 is 0.644. The average molecular weight is 329 g/mol. The molecule has 0 saturated heterocycles. The van der Waals surface area contributed by atoms with Crippen LogP contribution in [-0.2, 0) is 0 Å². The number of aromatic nitrogens is 2. The van der Waals surface area contributed by atoms with E-state index in [0.717, 1.165) is 11.3 Å². The molecule has 0 saturated carbocycles. The number of anilines is 3. The fourth-order valence-electron chi connectivity index (χ4n) is 1.42. The van der Waals surface area contributed by atoms with Crippen LogP contribution in [0.25, 0.3) is 0 Å². The molecule has 2 aromatic rings. The summed E-state index contributed by atoms with van der Waals surface area (Å²) >= 11 is 9.48. The summed E-state index contributed by atoms with van der Waals surface area (Å²) in [5, 5.41) is 3.75. The predicted octanol–water partition coefficient (Wildman–Crippen LogP) is 3.23. The van der Waals surface area contributed by atoms with Crippen LogP contribution in [0, 0.1) is 6.92 Å². The zero-order chi connectivity index (χ0) is 13.1. The highest BCUT2D eigenvalue weighted by atomic mass is 79.9. The molecule has 5 nitrogen and oxygen atoms in total. The monoisotopic (exact) mass is 327 g/mol. The molecule has 18 heavy (non-hydrogen) atoms. The molecular weight excluding hydrogens is 318 g/mol. The normalized spacial score (nSPS) is 10.2. The van der Waals surface area contributed by atoms with Crippen molar-refractivity contribution < 1.29 is 0 Å². The van der Waals surface area contributed by atoms with Gasteiger partial charge >= 0.3 is 0 Å². The molecule has 0 aliphatic rings. The number of aryl methyl sites for hydroxylation is 1. The molecule has 1 heterocycles. The van der Waals surface area contributed by atoms with Gasteiger partial charge in [0.2, 0.25) is 0 Å². The number of nitrogens with two attached hydrogens (primary N) is 1. The van der Waals surface area contributed by atoms with Crippen molar-refractivity contribution in [3.05, 3.63) is 39.6 Å². The van der Waals surface area contributed by atoms with Crippen molar-refractivity contribution in [3.63, 3.8) is 0 Å². The van der Waals surface area contributed by atoms with Gasteiger partial charge in [-0.05, 0) is 40.5 Å². The summed E-state index contributed by atoms with van der Waals surface area (Å²) in [5.41, 5.74) is 4.35. The van der Waals surface area contributed by atoms with Crippen molar-refractivity contribution in [2.24, 2.45) is 5.84 Å². The quantitative estimate of drug-likeness (QED) is 0.596. The second-order valence-corrected chi connectivity index (χ2v) is 4.84. The van der Waals surface area contributed by atoms with Crippen LogP contribution < -0.4 is 16.6 Å². The lowest BCUT2D eigenvalue weighted by molar-refractivity contribution is 1.12. The highest BCUT2D eigenvalue weighted by molar-refractivity contribution is 9.10. The van der Waals surface area contributed by atoms with Crippen molar-refractivity contribution in [2.45, 2.75) is 6.92 Å². The molecule has 0 radical (unpaired) electrons. The first-order chi connectivity index (χ1) is 8.61. The third-order valence-electron chi connectivity index (χ3n) is 2.30. The second-order valence-electron chi connectivity index (χ2n) is 3.64. The Morgan fingerprint density at radius 1 is 1.28 bits per heavy atom. The Morgan fingerprint density at radius 3 is 2.72 bits per heavy atom. The van der Waals surface area contributed by atoms with Crippen molar-refractivity contribution in [1.82, 2.24) is 9.97 Å². The molecule has 0 fully saturated rings. The second kappa shape index (κ2) is 5.51. The van der Waals surface area contributed by atoms with Crippen LogP contribution in [0.3, 0.4) is 0 Å². The first-order valence-electron chi connectivity index (χ1n) is 5.12. The van der Waals surface area contributed by atoms with Crippen molar-refractivity contribution >= 4 is 44.9 Å². The smallest absolute Gasteiger partial charge is 0.159 e. The highest BCUT2D eigenvalue weighted by Crippen LogP contribution is 2.31. The highest BCUT2D eigenvalue weighted by Gasteiger charge is 2.09. The zero-order valence-corrected chi connectivity index (χ0v) is 11.9. The first-order valence-corrected chi connectivity index (χ1v) is 6.29. The fourth-order valence-corrected chi connectivity index (χ4v) is 2.00. The SMILES string of the molecule is Cc1ccc(Cl)c(Nc2ncnc(NN)c2Br)c1. The van der Waals surface area contributed by atoms with Gasteiger partial charge in [-0.3, -0.25) is 0 Å². The average Bonchev–Trinajstić information content (AvgIpc) is 2.36. The predicted molar refractivity (Wildman–Crippen MR) is 77.0 cm³/mol. The number of benzene rings is 1. The minimum absolute atomic E-state index is 0.497. The van der Waals surface area contributed by atoms with Gasteiger partial charge < -0.3 is 10.7 Å². The van der Waals surface area contributed by atoms with Crippen LogP contribution in [0.5, 0.6) is 0 Å². The van der Waals surface area contributed by atoms with E-state index in [1.165, 1.54) is 6.33 Å². The summed E-state index contributed by atoms with van der Waals surface area (Å²) in [5.74, 6) is 6.43. The number of nitrogen functional groups attached to an aromatic ring is 1. The van der Waals surface area contributed by atoms with Gasteiger partial charge in [-0.15, -0.1) is 0 Å². The van der Waals surface area contributed by atoms with Gasteiger partial charge in [-0.25, -0.2) is 15.8 Å². The molecule has 0 aliphatic carbocycles. The number of nitrogens with one attached hydrogen (secondary N) is 2. The number of nitrogens with zero attached hydrogens (tertiary/aromatic N) is 2. The Kier molecular flexibility index (Phi) is 4.00. The van der Waals surface area contributed by atoms with Crippen LogP contribution in [0.2, 0.25) is 5.02 Å². The summed E-state index contributed by atoms with van der Waals surface area (Å²) in [7, 11) is 0.